The van der Waals surface area contributed by atoms with Gasteiger partial charge in [-0.3, -0.25) is 16.0 Å². The zero-order valence-electron chi connectivity index (χ0n) is 10.9. The summed E-state index contributed by atoms with van der Waals surface area (Å²) in [6, 6.07) is 4.91. The third-order valence-corrected chi connectivity index (χ3v) is 3.19. The molecule has 0 aliphatic carbocycles. The summed E-state index contributed by atoms with van der Waals surface area (Å²) in [6.07, 6.45) is 1.05. The Kier molecular flexibility index (Phi) is 4.91. The Morgan fingerprint density at radius 1 is 1.33 bits per heavy atom. The van der Waals surface area contributed by atoms with E-state index in [4.69, 9.17) is 5.84 Å². The van der Waals surface area contributed by atoms with Crippen LogP contribution in [-0.2, 0) is 0 Å². The number of hydrazine groups is 1. The van der Waals surface area contributed by atoms with Crippen molar-refractivity contribution in [3.63, 3.8) is 0 Å². The van der Waals surface area contributed by atoms with Gasteiger partial charge in [0.2, 0.25) is 0 Å². The Labute approximate surface area is 107 Å². The molecule has 1 aromatic rings. The molecule has 0 aliphatic rings. The lowest BCUT2D eigenvalue weighted by Crippen LogP contribution is -2.23. The van der Waals surface area contributed by atoms with Crippen molar-refractivity contribution in [2.24, 2.45) is 11.8 Å². The van der Waals surface area contributed by atoms with Gasteiger partial charge in [0.1, 0.15) is 0 Å². The van der Waals surface area contributed by atoms with Gasteiger partial charge in [0.15, 0.2) is 0 Å². The van der Waals surface area contributed by atoms with Crippen LogP contribution in [0.1, 0.15) is 27.2 Å². The predicted molar refractivity (Wildman–Crippen MR) is 73.4 cm³/mol. The van der Waals surface area contributed by atoms with Crippen LogP contribution in [-0.4, -0.2) is 11.0 Å². The lowest BCUT2D eigenvalue weighted by Gasteiger charge is -2.21. The second kappa shape index (κ2) is 6.20. The number of hydrogen-bond acceptors (Lipinski definition) is 5. The third kappa shape index (κ3) is 3.59. The summed E-state index contributed by atoms with van der Waals surface area (Å²) < 4.78 is 0. The van der Waals surface area contributed by atoms with Crippen LogP contribution in [0.25, 0.3) is 0 Å². The highest BCUT2D eigenvalue weighted by Crippen LogP contribution is 2.25. The Morgan fingerprint density at radius 3 is 2.44 bits per heavy atom. The summed E-state index contributed by atoms with van der Waals surface area (Å²) in [5.41, 5.74) is 3.67. The smallest absolute Gasteiger partial charge is 0.273 e. The number of nitro groups is 1. The number of nitrogens with zero attached hydrogens (tertiary/aromatic N) is 1. The van der Waals surface area contributed by atoms with Crippen LogP contribution in [0.5, 0.6) is 0 Å². The lowest BCUT2D eigenvalue weighted by atomic mass is 10.0. The van der Waals surface area contributed by atoms with E-state index in [1.165, 1.54) is 12.1 Å². The highest BCUT2D eigenvalue weighted by Gasteiger charge is 2.13. The molecule has 0 spiro atoms. The molecule has 6 heteroatoms. The fourth-order valence-electron chi connectivity index (χ4n) is 1.64. The van der Waals surface area contributed by atoms with E-state index in [1.807, 2.05) is 0 Å². The highest BCUT2D eigenvalue weighted by atomic mass is 16.6. The van der Waals surface area contributed by atoms with Crippen molar-refractivity contribution >= 4 is 17.1 Å². The van der Waals surface area contributed by atoms with E-state index in [2.05, 4.69) is 31.5 Å². The first-order chi connectivity index (χ1) is 8.47. The average molecular weight is 252 g/mol. The molecule has 0 saturated heterocycles. The molecule has 100 valence electrons. The van der Waals surface area contributed by atoms with Gasteiger partial charge in [-0.15, -0.1) is 0 Å². The molecule has 0 amide bonds. The maximum Gasteiger partial charge on any atom is 0.273 e. The standard InChI is InChI=1S/C12H20N4O2/c1-4-8(2)9(3)14-10-5-11(15-13)7-12(6-10)16(17)18/h5-9,14-15H,4,13H2,1-3H3. The van der Waals surface area contributed by atoms with Crippen LogP contribution >= 0.6 is 0 Å². The SMILES string of the molecule is CCC(C)C(C)Nc1cc(NN)cc([N+](=O)[O-])c1. The van der Waals surface area contributed by atoms with Gasteiger partial charge < -0.3 is 10.7 Å². The van der Waals surface area contributed by atoms with E-state index in [9.17, 15) is 10.1 Å². The zero-order chi connectivity index (χ0) is 13.7. The monoisotopic (exact) mass is 252 g/mol. The number of hydrogen-bond donors (Lipinski definition) is 3. The molecule has 0 bridgehead atoms. The number of non-ortho nitro benzene ring substituents is 1. The number of nitrogen functional groups attached to an aromatic ring is 1. The van der Waals surface area contributed by atoms with Gasteiger partial charge in [-0.05, 0) is 18.9 Å². The Balaban J connectivity index is 2.94. The molecule has 2 unspecified atom stereocenters. The number of nitrogens with two attached hydrogens (primary N) is 1. The molecule has 0 aliphatic heterocycles. The normalized spacial score (nSPS) is 13.8. The first-order valence-electron chi connectivity index (χ1n) is 6.00. The van der Waals surface area contributed by atoms with Crippen LogP contribution < -0.4 is 16.6 Å². The second-order valence-electron chi connectivity index (χ2n) is 4.49. The number of nitrogens with one attached hydrogen (secondary N) is 2. The predicted octanol–water partition coefficient (Wildman–Crippen LogP) is 2.73. The minimum Gasteiger partial charge on any atom is -0.382 e. The van der Waals surface area contributed by atoms with Gasteiger partial charge in [0, 0.05) is 23.9 Å². The van der Waals surface area contributed by atoms with Crippen LogP contribution in [0.15, 0.2) is 18.2 Å². The number of rotatable bonds is 6. The van der Waals surface area contributed by atoms with Gasteiger partial charge in [-0.2, -0.15) is 0 Å². The largest absolute Gasteiger partial charge is 0.382 e. The molecule has 0 saturated carbocycles. The number of benzene rings is 1. The van der Waals surface area contributed by atoms with Crippen LogP contribution in [0.2, 0.25) is 0 Å². The molecule has 1 rings (SSSR count). The molecule has 0 aromatic heterocycles. The van der Waals surface area contributed by atoms with E-state index in [1.54, 1.807) is 6.07 Å². The van der Waals surface area contributed by atoms with E-state index in [-0.39, 0.29) is 11.7 Å². The first kappa shape index (κ1) is 14.2. The van der Waals surface area contributed by atoms with Crippen molar-refractivity contribution in [3.05, 3.63) is 28.3 Å². The van der Waals surface area contributed by atoms with Crippen molar-refractivity contribution in [3.8, 4) is 0 Å². The van der Waals surface area contributed by atoms with Crippen LogP contribution in [0, 0.1) is 16.0 Å². The number of nitro benzene ring substituents is 1. The topological polar surface area (TPSA) is 93.2 Å². The van der Waals surface area contributed by atoms with Gasteiger partial charge in [0.05, 0.1) is 10.6 Å². The lowest BCUT2D eigenvalue weighted by molar-refractivity contribution is -0.384. The molecule has 1 aromatic carbocycles. The zero-order valence-corrected chi connectivity index (χ0v) is 10.9. The molecule has 18 heavy (non-hydrogen) atoms. The Bertz CT molecular complexity index is 423. The molecular weight excluding hydrogens is 232 g/mol. The Morgan fingerprint density at radius 2 is 1.94 bits per heavy atom. The molecule has 2 atom stereocenters. The van der Waals surface area contributed by atoms with Crippen LogP contribution in [0.4, 0.5) is 17.1 Å². The average Bonchev–Trinajstić information content (AvgIpc) is 2.36. The molecule has 0 heterocycles. The quantitative estimate of drug-likeness (QED) is 0.411. The van der Waals surface area contributed by atoms with Crippen LogP contribution in [0.3, 0.4) is 0 Å². The van der Waals surface area contributed by atoms with Gasteiger partial charge >= 0.3 is 0 Å². The third-order valence-electron chi connectivity index (χ3n) is 3.19. The maximum absolute atomic E-state index is 10.8. The maximum atomic E-state index is 10.8. The summed E-state index contributed by atoms with van der Waals surface area (Å²) in [7, 11) is 0. The molecule has 6 nitrogen and oxygen atoms in total. The van der Waals surface area contributed by atoms with E-state index >= 15 is 0 Å². The molecular formula is C12H20N4O2. The van der Waals surface area contributed by atoms with Gasteiger partial charge in [-0.1, -0.05) is 20.3 Å². The first-order valence-corrected chi connectivity index (χ1v) is 6.00. The minimum atomic E-state index is -0.431. The summed E-state index contributed by atoms with van der Waals surface area (Å²) in [4.78, 5) is 10.4. The van der Waals surface area contributed by atoms with Crippen molar-refractivity contribution < 1.29 is 4.92 Å². The van der Waals surface area contributed by atoms with Crippen molar-refractivity contribution in [2.75, 3.05) is 10.7 Å². The van der Waals surface area contributed by atoms with E-state index < -0.39 is 4.92 Å². The molecule has 0 fully saturated rings. The summed E-state index contributed by atoms with van der Waals surface area (Å²) >= 11 is 0. The fourth-order valence-corrected chi connectivity index (χ4v) is 1.64. The Hall–Kier alpha value is -1.82. The minimum absolute atomic E-state index is 0.0179. The highest BCUT2D eigenvalue weighted by molar-refractivity contribution is 5.63. The van der Waals surface area contributed by atoms with Gasteiger partial charge in [0.25, 0.3) is 5.69 Å². The van der Waals surface area contributed by atoms with Crippen molar-refractivity contribution in [1.82, 2.24) is 0 Å². The van der Waals surface area contributed by atoms with E-state index in [0.717, 1.165) is 6.42 Å². The van der Waals surface area contributed by atoms with Crippen molar-refractivity contribution in [2.45, 2.75) is 33.2 Å². The van der Waals surface area contributed by atoms with E-state index in [0.29, 0.717) is 17.3 Å². The summed E-state index contributed by atoms with van der Waals surface area (Å²) in [6.45, 7) is 6.31. The summed E-state index contributed by atoms with van der Waals surface area (Å²) in [5.74, 6) is 5.79. The van der Waals surface area contributed by atoms with Crippen molar-refractivity contribution in [1.29, 1.82) is 0 Å². The molecule has 0 radical (unpaired) electrons. The summed E-state index contributed by atoms with van der Waals surface area (Å²) in [5, 5.41) is 14.1. The molecule has 4 N–H and O–H groups in total. The number of anilines is 2. The second-order valence-corrected chi connectivity index (χ2v) is 4.49. The fraction of sp³-hybridized carbons (Fsp3) is 0.500. The van der Waals surface area contributed by atoms with Gasteiger partial charge in [-0.25, -0.2) is 0 Å².